The lowest BCUT2D eigenvalue weighted by molar-refractivity contribution is 0.156. The summed E-state index contributed by atoms with van der Waals surface area (Å²) in [5.74, 6) is 1.06. The van der Waals surface area contributed by atoms with Crippen molar-refractivity contribution in [3.63, 3.8) is 0 Å². The Kier molecular flexibility index (Phi) is 7.61. The van der Waals surface area contributed by atoms with Crippen LogP contribution in [0.3, 0.4) is 0 Å². The van der Waals surface area contributed by atoms with Crippen molar-refractivity contribution in [3.8, 4) is 0 Å². The lowest BCUT2D eigenvalue weighted by Crippen LogP contribution is -2.41. The van der Waals surface area contributed by atoms with Gasteiger partial charge in [-0.15, -0.1) is 35.3 Å². The smallest absolute Gasteiger partial charge is 0.193 e. The highest BCUT2D eigenvalue weighted by Gasteiger charge is 2.42. The number of nitrogens with one attached hydrogen (secondary N) is 1. The second kappa shape index (κ2) is 9.73. The summed E-state index contributed by atoms with van der Waals surface area (Å²) in [6.45, 7) is 10.2. The van der Waals surface area contributed by atoms with E-state index in [-0.39, 0.29) is 24.0 Å². The molecule has 3 aliphatic rings. The van der Waals surface area contributed by atoms with Crippen LogP contribution in [-0.4, -0.2) is 68.3 Å². The van der Waals surface area contributed by atoms with Gasteiger partial charge in [0.2, 0.25) is 0 Å². The topological polar surface area (TPSA) is 53.0 Å². The van der Waals surface area contributed by atoms with Crippen molar-refractivity contribution < 1.29 is 4.74 Å². The van der Waals surface area contributed by atoms with E-state index in [1.807, 2.05) is 0 Å². The van der Waals surface area contributed by atoms with Crippen molar-refractivity contribution in [2.75, 3.05) is 57.4 Å². The third-order valence-electron chi connectivity index (χ3n) is 5.80. The minimum absolute atomic E-state index is 0. The summed E-state index contributed by atoms with van der Waals surface area (Å²) in [7, 11) is 0. The van der Waals surface area contributed by atoms with Gasteiger partial charge in [-0.05, 0) is 32.6 Å². The van der Waals surface area contributed by atoms with Gasteiger partial charge in [-0.2, -0.15) is 0 Å². The van der Waals surface area contributed by atoms with E-state index in [0.29, 0.717) is 5.41 Å². The molecule has 1 aromatic rings. The predicted molar refractivity (Wildman–Crippen MR) is 123 cm³/mol. The van der Waals surface area contributed by atoms with Gasteiger partial charge in [-0.25, -0.2) is 4.98 Å². The Morgan fingerprint density at radius 2 is 2.19 bits per heavy atom. The molecule has 0 radical (unpaired) electrons. The van der Waals surface area contributed by atoms with Crippen LogP contribution in [0, 0.1) is 5.41 Å². The minimum atomic E-state index is 0. The second-order valence-electron chi connectivity index (χ2n) is 7.78. The first kappa shape index (κ1) is 21.1. The van der Waals surface area contributed by atoms with Gasteiger partial charge in [0.05, 0.1) is 12.3 Å². The molecule has 0 bridgehead atoms. The van der Waals surface area contributed by atoms with Crippen molar-refractivity contribution in [1.29, 1.82) is 0 Å². The van der Waals surface area contributed by atoms with Gasteiger partial charge in [0.1, 0.15) is 0 Å². The molecule has 4 rings (SSSR count). The number of hydrogen-bond donors (Lipinski definition) is 1. The Labute approximate surface area is 183 Å². The molecule has 0 saturated carbocycles. The maximum atomic E-state index is 5.66. The molecule has 1 atom stereocenters. The third-order valence-corrected chi connectivity index (χ3v) is 6.75. The van der Waals surface area contributed by atoms with Crippen LogP contribution in [0.25, 0.3) is 0 Å². The van der Waals surface area contributed by atoms with E-state index < -0.39 is 0 Å². The number of thiazole rings is 1. The zero-order chi connectivity index (χ0) is 17.8. The highest BCUT2D eigenvalue weighted by Crippen LogP contribution is 2.38. The van der Waals surface area contributed by atoms with Gasteiger partial charge < -0.3 is 19.9 Å². The van der Waals surface area contributed by atoms with Crippen LogP contribution in [0.15, 0.2) is 10.4 Å². The lowest BCUT2D eigenvalue weighted by atomic mass is 9.87. The van der Waals surface area contributed by atoms with Crippen LogP contribution < -0.4 is 10.2 Å². The fraction of sp³-hybridized carbons (Fsp3) is 0.789. The molecule has 0 amide bonds. The van der Waals surface area contributed by atoms with Crippen molar-refractivity contribution in [1.82, 2.24) is 15.2 Å². The average Bonchev–Trinajstić information content (AvgIpc) is 3.44. The third kappa shape index (κ3) is 5.06. The maximum Gasteiger partial charge on any atom is 0.193 e. The first-order valence-electron chi connectivity index (χ1n) is 10.1. The van der Waals surface area contributed by atoms with Crippen molar-refractivity contribution in [3.05, 3.63) is 11.1 Å². The predicted octanol–water partition coefficient (Wildman–Crippen LogP) is 2.98. The number of halogens is 1. The molecular weight excluding hydrogens is 473 g/mol. The van der Waals surface area contributed by atoms with Crippen LogP contribution in [-0.2, 0) is 11.2 Å². The molecule has 6 nitrogen and oxygen atoms in total. The Balaban J connectivity index is 0.00000210. The monoisotopic (exact) mass is 505 g/mol. The number of aliphatic imine (C=N–C) groups is 1. The number of nitrogens with zero attached hydrogens (tertiary/aromatic N) is 4. The Morgan fingerprint density at radius 1 is 1.33 bits per heavy atom. The average molecular weight is 505 g/mol. The Hall–Kier alpha value is -0.610. The number of likely N-dealkylation sites (tertiary alicyclic amines) is 1. The molecule has 3 aliphatic heterocycles. The fourth-order valence-corrected chi connectivity index (χ4v) is 5.17. The number of ether oxygens (including phenoxy) is 1. The summed E-state index contributed by atoms with van der Waals surface area (Å²) >= 11 is 1.78. The SMILES string of the molecule is CCNC(=NCCc1csc(N2CCCC2)n1)N1CCC2(CCOC2)C1.I. The molecule has 27 heavy (non-hydrogen) atoms. The van der Waals surface area contributed by atoms with Gasteiger partial charge in [-0.3, -0.25) is 4.99 Å². The van der Waals surface area contributed by atoms with Crippen LogP contribution in [0.2, 0.25) is 0 Å². The molecule has 0 aromatic carbocycles. The first-order valence-corrected chi connectivity index (χ1v) is 11.0. The number of anilines is 1. The molecule has 8 heteroatoms. The highest BCUT2D eigenvalue weighted by atomic mass is 127. The molecule has 4 heterocycles. The van der Waals surface area contributed by atoms with Gasteiger partial charge in [-0.1, -0.05) is 0 Å². The van der Waals surface area contributed by atoms with Crippen molar-refractivity contribution in [2.45, 2.75) is 39.0 Å². The van der Waals surface area contributed by atoms with Crippen LogP contribution in [0.4, 0.5) is 5.13 Å². The largest absolute Gasteiger partial charge is 0.381 e. The van der Waals surface area contributed by atoms with Crippen molar-refractivity contribution in [2.24, 2.45) is 10.4 Å². The zero-order valence-corrected chi connectivity index (χ0v) is 19.4. The van der Waals surface area contributed by atoms with Gasteiger partial charge in [0.25, 0.3) is 0 Å². The van der Waals surface area contributed by atoms with Crippen LogP contribution >= 0.6 is 35.3 Å². The Morgan fingerprint density at radius 3 is 2.93 bits per heavy atom. The molecule has 3 fully saturated rings. The maximum absolute atomic E-state index is 5.66. The molecule has 1 unspecified atom stereocenters. The lowest BCUT2D eigenvalue weighted by Gasteiger charge is -2.24. The summed E-state index contributed by atoms with van der Waals surface area (Å²) < 4.78 is 5.66. The van der Waals surface area contributed by atoms with E-state index in [4.69, 9.17) is 14.7 Å². The van der Waals surface area contributed by atoms with E-state index in [9.17, 15) is 0 Å². The van der Waals surface area contributed by atoms with Crippen molar-refractivity contribution >= 4 is 46.4 Å². The van der Waals surface area contributed by atoms with Crippen LogP contribution in [0.5, 0.6) is 0 Å². The first-order chi connectivity index (χ1) is 12.8. The van der Waals surface area contributed by atoms with Crippen LogP contribution in [0.1, 0.15) is 38.3 Å². The van der Waals surface area contributed by atoms with E-state index in [0.717, 1.165) is 64.9 Å². The highest BCUT2D eigenvalue weighted by molar-refractivity contribution is 14.0. The van der Waals surface area contributed by atoms with Gasteiger partial charge in [0, 0.05) is 63.1 Å². The van der Waals surface area contributed by atoms with E-state index >= 15 is 0 Å². The molecule has 1 spiro atoms. The summed E-state index contributed by atoms with van der Waals surface area (Å²) in [6.07, 6.45) is 5.94. The molecule has 1 N–H and O–H groups in total. The molecule has 152 valence electrons. The van der Waals surface area contributed by atoms with Gasteiger partial charge in [0.15, 0.2) is 11.1 Å². The summed E-state index contributed by atoms with van der Waals surface area (Å²) in [4.78, 5) is 14.5. The number of rotatable bonds is 5. The quantitative estimate of drug-likeness (QED) is 0.379. The Bertz CT molecular complexity index is 625. The number of hydrogen-bond acceptors (Lipinski definition) is 5. The molecule has 0 aliphatic carbocycles. The summed E-state index contributed by atoms with van der Waals surface area (Å²) in [5.41, 5.74) is 1.55. The van der Waals surface area contributed by atoms with E-state index in [1.54, 1.807) is 11.3 Å². The zero-order valence-electron chi connectivity index (χ0n) is 16.3. The van der Waals surface area contributed by atoms with E-state index in [2.05, 4.69) is 27.4 Å². The number of aromatic nitrogens is 1. The molecular formula is C19H32IN5OS. The normalized spacial score (nSPS) is 25.4. The van der Waals surface area contributed by atoms with E-state index in [1.165, 1.54) is 36.5 Å². The van der Waals surface area contributed by atoms with Gasteiger partial charge >= 0.3 is 0 Å². The molecule has 3 saturated heterocycles. The molecule has 1 aromatic heterocycles. The summed E-state index contributed by atoms with van der Waals surface area (Å²) in [6, 6.07) is 0. The summed E-state index contributed by atoms with van der Waals surface area (Å²) in [5, 5.41) is 6.87. The second-order valence-corrected chi connectivity index (χ2v) is 8.61. The minimum Gasteiger partial charge on any atom is -0.381 e. The standard InChI is InChI=1S/C19H31N5OS.HI/c1-2-20-17(24-11-6-19(14-24)7-12-25-15-19)21-8-5-16-13-26-18(22-16)23-9-3-4-10-23;/h13H,2-12,14-15H2,1H3,(H,20,21);1H. The fourth-order valence-electron chi connectivity index (χ4n) is 4.25. The number of guanidine groups is 1.